The minimum Gasteiger partial charge on any atom is -0.508 e. The van der Waals surface area contributed by atoms with E-state index in [4.69, 9.17) is 11.5 Å². The van der Waals surface area contributed by atoms with Crippen LogP contribution in [0.5, 0.6) is 5.75 Å². The molecule has 0 aromatic heterocycles. The van der Waals surface area contributed by atoms with Crippen LogP contribution in [0.15, 0.2) is 24.3 Å². The van der Waals surface area contributed by atoms with Crippen LogP contribution in [0, 0.1) is 0 Å². The van der Waals surface area contributed by atoms with Crippen LogP contribution in [-0.2, 0) is 30.4 Å². The van der Waals surface area contributed by atoms with Crippen molar-refractivity contribution in [1.29, 1.82) is 0 Å². The second-order valence-electron chi connectivity index (χ2n) is 7.63. The molecule has 0 spiro atoms. The summed E-state index contributed by atoms with van der Waals surface area (Å²) in [4.78, 5) is 60.5. The second-order valence-corrected chi connectivity index (χ2v) is 8.62. The van der Waals surface area contributed by atoms with E-state index in [9.17, 15) is 34.2 Å². The number of amides is 4. The number of nitrogens with one attached hydrogen (secondary N) is 3. The summed E-state index contributed by atoms with van der Waals surface area (Å²) in [6.07, 6.45) is 1.38. The predicted molar refractivity (Wildman–Crippen MR) is 126 cm³/mol. The summed E-state index contributed by atoms with van der Waals surface area (Å²) in [5.74, 6) is -3.95. The number of hydrogen-bond acceptors (Lipinski definition) is 8. The summed E-state index contributed by atoms with van der Waals surface area (Å²) >= 11 is 1.41. The van der Waals surface area contributed by atoms with Gasteiger partial charge in [0.05, 0.1) is 12.5 Å². The zero-order chi connectivity index (χ0) is 25.8. The third kappa shape index (κ3) is 10.1. The molecule has 1 aromatic rings. The molecule has 0 radical (unpaired) electrons. The maximum atomic E-state index is 13.1. The number of hydrogen-bond donors (Lipinski definition) is 7. The molecule has 13 heteroatoms. The molecule has 4 amide bonds. The first-order valence-electron chi connectivity index (χ1n) is 10.4. The van der Waals surface area contributed by atoms with E-state index in [0.29, 0.717) is 11.3 Å². The number of carbonyl (C=O) groups excluding carboxylic acids is 4. The van der Waals surface area contributed by atoms with Crippen molar-refractivity contribution in [2.45, 2.75) is 50.4 Å². The average molecular weight is 498 g/mol. The minimum absolute atomic E-state index is 0.0297. The van der Waals surface area contributed by atoms with Gasteiger partial charge in [-0.2, -0.15) is 11.8 Å². The molecule has 0 saturated carbocycles. The van der Waals surface area contributed by atoms with Gasteiger partial charge in [-0.1, -0.05) is 12.1 Å². The van der Waals surface area contributed by atoms with Gasteiger partial charge in [0.2, 0.25) is 23.6 Å². The Morgan fingerprint density at radius 2 is 1.47 bits per heavy atom. The van der Waals surface area contributed by atoms with Crippen LogP contribution in [0.3, 0.4) is 0 Å². The molecule has 1 aromatic carbocycles. The third-order valence-electron chi connectivity index (χ3n) is 4.69. The van der Waals surface area contributed by atoms with E-state index in [0.717, 1.165) is 0 Å². The number of thioether (sulfide) groups is 1. The monoisotopic (exact) mass is 497 g/mol. The Labute approximate surface area is 201 Å². The molecule has 0 heterocycles. The van der Waals surface area contributed by atoms with Gasteiger partial charge in [-0.15, -0.1) is 0 Å². The molecule has 4 unspecified atom stereocenters. The van der Waals surface area contributed by atoms with Crippen molar-refractivity contribution in [3.05, 3.63) is 29.8 Å². The average Bonchev–Trinajstić information content (AvgIpc) is 2.76. The Morgan fingerprint density at radius 1 is 0.941 bits per heavy atom. The maximum absolute atomic E-state index is 13.1. The number of rotatable bonds is 14. The third-order valence-corrected chi connectivity index (χ3v) is 5.33. The Bertz CT molecular complexity index is 879. The van der Waals surface area contributed by atoms with Gasteiger partial charge in [-0.25, -0.2) is 4.79 Å². The van der Waals surface area contributed by atoms with Crippen molar-refractivity contribution in [3.63, 3.8) is 0 Å². The number of aromatic hydroxyl groups is 1. The minimum atomic E-state index is -1.55. The van der Waals surface area contributed by atoms with Gasteiger partial charge in [-0.05, 0) is 43.0 Å². The smallest absolute Gasteiger partial charge is 0.326 e. The lowest BCUT2D eigenvalue weighted by Crippen LogP contribution is -2.57. The summed E-state index contributed by atoms with van der Waals surface area (Å²) in [5.41, 5.74) is 11.3. The highest BCUT2D eigenvalue weighted by atomic mass is 32.2. The molecule has 0 fully saturated rings. The summed E-state index contributed by atoms with van der Waals surface area (Å²) in [7, 11) is 0. The molecule has 188 valence electrons. The number of phenols is 1. The number of carboxylic acid groups (broad SMARTS) is 1. The largest absolute Gasteiger partial charge is 0.508 e. The first-order chi connectivity index (χ1) is 15.9. The van der Waals surface area contributed by atoms with E-state index in [1.165, 1.54) is 30.8 Å². The Morgan fingerprint density at radius 3 is 1.97 bits per heavy atom. The van der Waals surface area contributed by atoms with E-state index >= 15 is 0 Å². The normalized spacial score (nSPS) is 14.2. The standard InChI is InChI=1S/C21H31N5O7S/c1-11(22)18(29)25-15(9-12-3-5-13(27)6-4-12)20(31)24-14(7-8-34-2)19(30)26-16(21(32)33)10-17(23)28/h3-6,11,14-16,27H,7-10,22H2,1-2H3,(H2,23,28)(H,24,31)(H,25,29)(H,26,30)(H,32,33). The lowest BCUT2D eigenvalue weighted by atomic mass is 10.0. The Hall–Kier alpha value is -3.32. The molecular weight excluding hydrogens is 466 g/mol. The topological polar surface area (TPSA) is 214 Å². The summed E-state index contributed by atoms with van der Waals surface area (Å²) in [6.45, 7) is 1.45. The van der Waals surface area contributed by atoms with Crippen LogP contribution in [0.2, 0.25) is 0 Å². The molecule has 0 bridgehead atoms. The van der Waals surface area contributed by atoms with Crippen LogP contribution >= 0.6 is 11.8 Å². The molecule has 0 aliphatic carbocycles. The van der Waals surface area contributed by atoms with Crippen LogP contribution < -0.4 is 27.4 Å². The van der Waals surface area contributed by atoms with Gasteiger partial charge in [0, 0.05) is 6.42 Å². The van der Waals surface area contributed by atoms with Gasteiger partial charge < -0.3 is 37.6 Å². The summed E-state index contributed by atoms with van der Waals surface area (Å²) in [6, 6.07) is 1.33. The highest BCUT2D eigenvalue weighted by Gasteiger charge is 2.30. The van der Waals surface area contributed by atoms with Crippen molar-refractivity contribution in [2.24, 2.45) is 11.5 Å². The highest BCUT2D eigenvalue weighted by Crippen LogP contribution is 2.12. The van der Waals surface area contributed by atoms with Gasteiger partial charge in [0.1, 0.15) is 23.9 Å². The van der Waals surface area contributed by atoms with E-state index < -0.39 is 60.2 Å². The first kappa shape index (κ1) is 28.7. The van der Waals surface area contributed by atoms with Crippen molar-refractivity contribution in [3.8, 4) is 5.75 Å². The SMILES string of the molecule is CSCCC(NC(=O)C(Cc1ccc(O)cc1)NC(=O)C(C)N)C(=O)NC(CC(N)=O)C(=O)O. The van der Waals surface area contributed by atoms with E-state index in [-0.39, 0.29) is 18.6 Å². The maximum Gasteiger partial charge on any atom is 0.326 e. The van der Waals surface area contributed by atoms with E-state index in [2.05, 4.69) is 16.0 Å². The molecule has 34 heavy (non-hydrogen) atoms. The first-order valence-corrected chi connectivity index (χ1v) is 11.8. The molecule has 0 saturated heterocycles. The summed E-state index contributed by atoms with van der Waals surface area (Å²) in [5, 5.41) is 26.0. The van der Waals surface area contributed by atoms with Crippen molar-refractivity contribution < 1.29 is 34.2 Å². The van der Waals surface area contributed by atoms with Crippen molar-refractivity contribution in [1.82, 2.24) is 16.0 Å². The zero-order valence-electron chi connectivity index (χ0n) is 18.9. The van der Waals surface area contributed by atoms with Crippen molar-refractivity contribution >= 4 is 41.4 Å². The summed E-state index contributed by atoms with van der Waals surface area (Å²) < 4.78 is 0. The lowest BCUT2D eigenvalue weighted by Gasteiger charge is -2.25. The number of carbonyl (C=O) groups is 5. The van der Waals surface area contributed by atoms with E-state index in [1.807, 2.05) is 0 Å². The zero-order valence-corrected chi connectivity index (χ0v) is 19.8. The number of benzene rings is 1. The predicted octanol–water partition coefficient (Wildman–Crippen LogP) is -1.55. The molecule has 0 aliphatic heterocycles. The molecule has 4 atom stereocenters. The Kier molecular flexibility index (Phi) is 11.9. The second kappa shape index (κ2) is 14.1. The van der Waals surface area contributed by atoms with Gasteiger partial charge in [0.25, 0.3) is 0 Å². The number of phenolic OH excluding ortho intramolecular Hbond substituents is 1. The molecule has 12 nitrogen and oxygen atoms in total. The van der Waals surface area contributed by atoms with Gasteiger partial charge in [-0.3, -0.25) is 19.2 Å². The van der Waals surface area contributed by atoms with Crippen molar-refractivity contribution in [2.75, 3.05) is 12.0 Å². The Balaban J connectivity index is 3.06. The van der Waals surface area contributed by atoms with Crippen LogP contribution in [0.25, 0.3) is 0 Å². The number of carboxylic acids is 1. The fraction of sp³-hybridized carbons (Fsp3) is 0.476. The van der Waals surface area contributed by atoms with Crippen LogP contribution in [-0.4, -0.2) is 76.0 Å². The van der Waals surface area contributed by atoms with Gasteiger partial charge >= 0.3 is 5.97 Å². The molecule has 0 aliphatic rings. The number of primary amides is 1. The fourth-order valence-corrected chi connectivity index (χ4v) is 3.30. The van der Waals surface area contributed by atoms with Gasteiger partial charge in [0.15, 0.2) is 0 Å². The fourth-order valence-electron chi connectivity index (χ4n) is 2.83. The highest BCUT2D eigenvalue weighted by molar-refractivity contribution is 7.98. The number of nitrogens with two attached hydrogens (primary N) is 2. The number of aliphatic carboxylic acids is 1. The van der Waals surface area contributed by atoms with E-state index in [1.54, 1.807) is 18.4 Å². The lowest BCUT2D eigenvalue weighted by molar-refractivity contribution is -0.143. The molecule has 9 N–H and O–H groups in total. The molecule has 1 rings (SSSR count). The van der Waals surface area contributed by atoms with Crippen LogP contribution in [0.1, 0.15) is 25.3 Å². The quantitative estimate of drug-likeness (QED) is 0.158. The molecular formula is C21H31N5O7S. The van der Waals surface area contributed by atoms with Crippen LogP contribution in [0.4, 0.5) is 0 Å².